The summed E-state index contributed by atoms with van der Waals surface area (Å²) >= 11 is 1.52. The van der Waals surface area contributed by atoms with Crippen LogP contribution in [0.4, 0.5) is 0 Å². The number of rotatable bonds is 5. The molecule has 0 bridgehead atoms. The lowest BCUT2D eigenvalue weighted by molar-refractivity contribution is 0.579. The molecule has 2 rings (SSSR count). The molecule has 106 valence electrons. The van der Waals surface area contributed by atoms with E-state index in [1.165, 1.54) is 16.9 Å². The van der Waals surface area contributed by atoms with Crippen LogP contribution < -0.4 is 10.0 Å². The average Bonchev–Trinajstić information content (AvgIpc) is 2.70. The minimum atomic E-state index is -3.35. The fourth-order valence-corrected chi connectivity index (χ4v) is 4.78. The van der Waals surface area contributed by atoms with E-state index in [4.69, 9.17) is 0 Å². The summed E-state index contributed by atoms with van der Waals surface area (Å²) in [6.07, 6.45) is 3.96. The maximum Gasteiger partial charge on any atom is 0.241 e. The lowest BCUT2D eigenvalue weighted by Crippen LogP contribution is -2.27. The van der Waals surface area contributed by atoms with Crippen LogP contribution in [0.2, 0.25) is 0 Å². The van der Waals surface area contributed by atoms with Crippen LogP contribution in [0.5, 0.6) is 0 Å². The maximum atomic E-state index is 12.2. The Hall–Kier alpha value is -0.690. The molecular weight excluding hydrogens is 280 g/mol. The van der Waals surface area contributed by atoms with Crippen molar-refractivity contribution in [1.82, 2.24) is 10.0 Å². The SMILES string of the molecule is Cc1cc(S(=O)(=O)NCCC2=CCNCC2)c(C)s1. The largest absolute Gasteiger partial charge is 0.313 e. The zero-order valence-corrected chi connectivity index (χ0v) is 13.0. The Morgan fingerprint density at radius 1 is 1.42 bits per heavy atom. The normalized spacial score (nSPS) is 16.4. The molecule has 2 N–H and O–H groups in total. The van der Waals surface area contributed by atoms with Gasteiger partial charge in [0.05, 0.1) is 4.90 Å². The van der Waals surface area contributed by atoms with Crippen molar-refractivity contribution in [2.24, 2.45) is 0 Å². The molecule has 0 radical (unpaired) electrons. The molecule has 4 nitrogen and oxygen atoms in total. The van der Waals surface area contributed by atoms with Crippen LogP contribution >= 0.6 is 11.3 Å². The van der Waals surface area contributed by atoms with E-state index in [2.05, 4.69) is 16.1 Å². The summed E-state index contributed by atoms with van der Waals surface area (Å²) in [4.78, 5) is 2.30. The van der Waals surface area contributed by atoms with E-state index in [0.29, 0.717) is 11.4 Å². The van der Waals surface area contributed by atoms with Crippen LogP contribution in [0.25, 0.3) is 0 Å². The van der Waals surface area contributed by atoms with Gasteiger partial charge in [-0.3, -0.25) is 0 Å². The molecule has 1 aromatic rings. The Morgan fingerprint density at radius 3 is 2.79 bits per heavy atom. The monoisotopic (exact) mass is 300 g/mol. The molecule has 0 saturated heterocycles. The molecule has 0 unspecified atom stereocenters. The molecule has 1 aliphatic rings. The van der Waals surface area contributed by atoms with Crippen LogP contribution in [0, 0.1) is 13.8 Å². The van der Waals surface area contributed by atoms with E-state index in [-0.39, 0.29) is 0 Å². The van der Waals surface area contributed by atoms with E-state index in [1.807, 2.05) is 13.8 Å². The highest BCUT2D eigenvalue weighted by Gasteiger charge is 2.18. The molecule has 1 aliphatic heterocycles. The van der Waals surface area contributed by atoms with Crippen molar-refractivity contribution in [2.75, 3.05) is 19.6 Å². The molecule has 0 spiro atoms. The molecular formula is C13H20N2O2S2. The van der Waals surface area contributed by atoms with Crippen LogP contribution in [-0.4, -0.2) is 28.1 Å². The number of hydrogen-bond acceptors (Lipinski definition) is 4. The third kappa shape index (κ3) is 3.89. The number of hydrogen-bond donors (Lipinski definition) is 2. The topological polar surface area (TPSA) is 58.2 Å². The second-order valence-corrected chi connectivity index (χ2v) is 7.94. The molecule has 19 heavy (non-hydrogen) atoms. The van der Waals surface area contributed by atoms with Crippen LogP contribution in [0.15, 0.2) is 22.6 Å². The van der Waals surface area contributed by atoms with Crippen molar-refractivity contribution < 1.29 is 8.42 Å². The Kier molecular flexibility index (Phi) is 4.78. The third-order valence-corrected chi connectivity index (χ3v) is 5.86. The highest BCUT2D eigenvalue weighted by molar-refractivity contribution is 7.89. The Morgan fingerprint density at radius 2 is 2.21 bits per heavy atom. The molecule has 0 aromatic carbocycles. The standard InChI is InChI=1S/C13H20N2O2S2/c1-10-9-13(11(2)18-10)19(16,17)15-8-5-12-3-6-14-7-4-12/h3,9,14-15H,4-8H2,1-2H3. The molecule has 0 aliphatic carbocycles. The Balaban J connectivity index is 1.94. The predicted molar refractivity (Wildman–Crippen MR) is 79.2 cm³/mol. The van der Waals surface area contributed by atoms with Gasteiger partial charge in [0.15, 0.2) is 0 Å². The van der Waals surface area contributed by atoms with Crippen LogP contribution in [0.1, 0.15) is 22.6 Å². The van der Waals surface area contributed by atoms with E-state index in [0.717, 1.165) is 35.7 Å². The van der Waals surface area contributed by atoms with Crippen molar-refractivity contribution in [1.29, 1.82) is 0 Å². The van der Waals surface area contributed by atoms with Gasteiger partial charge >= 0.3 is 0 Å². The van der Waals surface area contributed by atoms with Crippen molar-refractivity contribution in [3.8, 4) is 0 Å². The van der Waals surface area contributed by atoms with E-state index in [1.54, 1.807) is 6.07 Å². The molecule has 0 amide bonds. The first-order valence-electron chi connectivity index (χ1n) is 6.44. The van der Waals surface area contributed by atoms with Gasteiger partial charge in [-0.1, -0.05) is 11.6 Å². The number of thiophene rings is 1. The zero-order valence-electron chi connectivity index (χ0n) is 11.3. The van der Waals surface area contributed by atoms with Crippen molar-refractivity contribution in [3.05, 3.63) is 27.5 Å². The Bertz CT molecular complexity index is 573. The minimum Gasteiger partial charge on any atom is -0.313 e. The second kappa shape index (κ2) is 6.17. The summed E-state index contributed by atoms with van der Waals surface area (Å²) in [6.45, 7) is 6.13. The fourth-order valence-electron chi connectivity index (χ4n) is 2.19. The van der Waals surface area contributed by atoms with Crippen molar-refractivity contribution in [3.63, 3.8) is 0 Å². The number of sulfonamides is 1. The summed E-state index contributed by atoms with van der Waals surface area (Å²) in [5.41, 5.74) is 1.33. The summed E-state index contributed by atoms with van der Waals surface area (Å²) in [7, 11) is -3.35. The lowest BCUT2D eigenvalue weighted by atomic mass is 10.1. The molecule has 0 saturated carbocycles. The lowest BCUT2D eigenvalue weighted by Gasteiger charge is -2.14. The summed E-state index contributed by atoms with van der Waals surface area (Å²) in [5, 5.41) is 3.24. The number of nitrogens with one attached hydrogen (secondary N) is 2. The molecule has 0 fully saturated rings. The first-order chi connectivity index (χ1) is 8.99. The van der Waals surface area contributed by atoms with Gasteiger partial charge < -0.3 is 5.32 Å². The van der Waals surface area contributed by atoms with Gasteiger partial charge in [0.2, 0.25) is 10.0 Å². The Labute approximate surface area is 119 Å². The summed E-state index contributed by atoms with van der Waals surface area (Å²) < 4.78 is 27.0. The van der Waals surface area contributed by atoms with Gasteiger partial charge in [0.25, 0.3) is 0 Å². The number of aryl methyl sites for hydroxylation is 2. The first-order valence-corrected chi connectivity index (χ1v) is 8.74. The predicted octanol–water partition coefficient (Wildman–Crippen LogP) is 1.95. The molecule has 0 atom stereocenters. The second-order valence-electron chi connectivity index (χ2n) is 4.74. The van der Waals surface area contributed by atoms with Gasteiger partial charge in [0.1, 0.15) is 0 Å². The quantitative estimate of drug-likeness (QED) is 0.817. The van der Waals surface area contributed by atoms with E-state index < -0.39 is 10.0 Å². The highest BCUT2D eigenvalue weighted by atomic mass is 32.2. The minimum absolute atomic E-state index is 0.425. The highest BCUT2D eigenvalue weighted by Crippen LogP contribution is 2.24. The summed E-state index contributed by atoms with van der Waals surface area (Å²) in [6, 6.07) is 1.74. The van der Waals surface area contributed by atoms with E-state index >= 15 is 0 Å². The van der Waals surface area contributed by atoms with Gasteiger partial charge in [0, 0.05) is 22.8 Å². The van der Waals surface area contributed by atoms with Gasteiger partial charge in [-0.15, -0.1) is 11.3 Å². The van der Waals surface area contributed by atoms with Crippen LogP contribution in [-0.2, 0) is 10.0 Å². The third-order valence-electron chi connectivity index (χ3n) is 3.18. The smallest absolute Gasteiger partial charge is 0.241 e. The zero-order chi connectivity index (χ0) is 13.9. The first kappa shape index (κ1) is 14.7. The molecule has 1 aromatic heterocycles. The molecule has 6 heteroatoms. The summed E-state index contributed by atoms with van der Waals surface area (Å²) in [5.74, 6) is 0. The fraction of sp³-hybridized carbons (Fsp3) is 0.538. The molecule has 2 heterocycles. The van der Waals surface area contributed by atoms with Crippen LogP contribution in [0.3, 0.4) is 0 Å². The van der Waals surface area contributed by atoms with Crippen molar-refractivity contribution >= 4 is 21.4 Å². The maximum absolute atomic E-state index is 12.2. The van der Waals surface area contributed by atoms with Gasteiger partial charge in [-0.05, 0) is 39.3 Å². The average molecular weight is 300 g/mol. The van der Waals surface area contributed by atoms with E-state index in [9.17, 15) is 8.42 Å². The van der Waals surface area contributed by atoms with Crippen molar-refractivity contribution in [2.45, 2.75) is 31.6 Å². The van der Waals surface area contributed by atoms with Gasteiger partial charge in [-0.2, -0.15) is 0 Å². The van der Waals surface area contributed by atoms with Gasteiger partial charge in [-0.25, -0.2) is 13.1 Å².